The van der Waals surface area contributed by atoms with Crippen LogP contribution in [0.25, 0.3) is 22.0 Å². The van der Waals surface area contributed by atoms with Crippen molar-refractivity contribution in [2.75, 3.05) is 13.7 Å². The lowest BCUT2D eigenvalue weighted by Crippen LogP contribution is -2.30. The molecule has 4 rings (SSSR count). The van der Waals surface area contributed by atoms with Gasteiger partial charge in [0.1, 0.15) is 5.75 Å². The zero-order valence-corrected chi connectivity index (χ0v) is 16.2. The summed E-state index contributed by atoms with van der Waals surface area (Å²) in [5, 5.41) is 19.2. The van der Waals surface area contributed by atoms with E-state index in [0.717, 1.165) is 16.7 Å². The summed E-state index contributed by atoms with van der Waals surface area (Å²) in [5.74, 6) is -0.178. The first kappa shape index (κ1) is 19.6. The zero-order valence-electron chi connectivity index (χ0n) is 16.2. The number of fused-ring (bicyclic) bond motifs is 1. The summed E-state index contributed by atoms with van der Waals surface area (Å²) in [6, 6.07) is 18.9. The fourth-order valence-corrected chi connectivity index (χ4v) is 3.33. The number of nitrogens with zero attached hydrogens (tertiary/aromatic N) is 1. The van der Waals surface area contributed by atoms with Gasteiger partial charge in [-0.05, 0) is 53.1 Å². The number of carbonyl (C=O) groups is 1. The van der Waals surface area contributed by atoms with Gasteiger partial charge in [0.05, 0.1) is 30.7 Å². The minimum Gasteiger partial charge on any atom is -0.497 e. The van der Waals surface area contributed by atoms with E-state index in [9.17, 15) is 14.3 Å². The molecule has 6 nitrogen and oxygen atoms in total. The number of aromatic nitrogens is 2. The van der Waals surface area contributed by atoms with E-state index in [-0.39, 0.29) is 12.5 Å². The predicted molar refractivity (Wildman–Crippen MR) is 112 cm³/mol. The number of amides is 1. The Morgan fingerprint density at radius 2 is 1.93 bits per heavy atom. The lowest BCUT2D eigenvalue weighted by Gasteiger charge is -2.18. The normalized spacial score (nSPS) is 12.0. The van der Waals surface area contributed by atoms with Crippen LogP contribution in [0.15, 0.2) is 66.7 Å². The molecular formula is C23H20FN3O3. The Bertz CT molecular complexity index is 1210. The molecule has 0 aliphatic carbocycles. The molecular weight excluding hydrogens is 385 g/mol. The smallest absolute Gasteiger partial charge is 0.251 e. The van der Waals surface area contributed by atoms with E-state index in [0.29, 0.717) is 22.2 Å². The van der Waals surface area contributed by atoms with Crippen LogP contribution < -0.4 is 10.1 Å². The number of rotatable bonds is 6. The summed E-state index contributed by atoms with van der Waals surface area (Å²) < 4.78 is 19.0. The van der Waals surface area contributed by atoms with Crippen LogP contribution in [0.5, 0.6) is 5.75 Å². The summed E-state index contributed by atoms with van der Waals surface area (Å²) in [4.78, 5) is 12.8. The topological polar surface area (TPSA) is 87.2 Å². The second-order valence-electron chi connectivity index (χ2n) is 6.84. The molecule has 0 unspecified atom stereocenters. The number of halogens is 1. The fourth-order valence-electron chi connectivity index (χ4n) is 3.33. The minimum absolute atomic E-state index is 0.255. The van der Waals surface area contributed by atoms with Crippen molar-refractivity contribution in [1.29, 1.82) is 0 Å². The first-order valence-corrected chi connectivity index (χ1v) is 9.39. The predicted octanol–water partition coefficient (Wildman–Crippen LogP) is 3.84. The number of aliphatic hydroxyl groups is 1. The van der Waals surface area contributed by atoms with E-state index in [1.54, 1.807) is 55.6 Å². The van der Waals surface area contributed by atoms with Gasteiger partial charge in [0, 0.05) is 5.56 Å². The van der Waals surface area contributed by atoms with Crippen molar-refractivity contribution in [3.05, 3.63) is 83.8 Å². The zero-order chi connectivity index (χ0) is 21.1. The lowest BCUT2D eigenvalue weighted by molar-refractivity contribution is 0.0916. The molecule has 0 bridgehead atoms. The van der Waals surface area contributed by atoms with Crippen LogP contribution >= 0.6 is 0 Å². The van der Waals surface area contributed by atoms with Crippen molar-refractivity contribution in [2.45, 2.75) is 6.04 Å². The van der Waals surface area contributed by atoms with Crippen LogP contribution in [0.4, 0.5) is 4.39 Å². The number of ether oxygens (including phenoxy) is 1. The maximum atomic E-state index is 13.8. The second-order valence-corrected chi connectivity index (χ2v) is 6.84. The van der Waals surface area contributed by atoms with Crippen molar-refractivity contribution in [2.24, 2.45) is 0 Å². The van der Waals surface area contributed by atoms with Gasteiger partial charge in [0.2, 0.25) is 5.95 Å². The summed E-state index contributed by atoms with van der Waals surface area (Å²) in [7, 11) is 1.56. The van der Waals surface area contributed by atoms with E-state index in [1.807, 2.05) is 18.2 Å². The highest BCUT2D eigenvalue weighted by molar-refractivity contribution is 5.96. The van der Waals surface area contributed by atoms with Crippen LogP contribution in [-0.4, -0.2) is 34.9 Å². The molecule has 0 aliphatic rings. The molecule has 3 aromatic carbocycles. The maximum Gasteiger partial charge on any atom is 0.251 e. The highest BCUT2D eigenvalue weighted by Gasteiger charge is 2.16. The van der Waals surface area contributed by atoms with Gasteiger partial charge in [0.15, 0.2) is 0 Å². The Kier molecular flexibility index (Phi) is 5.45. The number of H-pyrrole nitrogens is 1. The number of methoxy groups -OCH3 is 1. The van der Waals surface area contributed by atoms with Gasteiger partial charge in [-0.25, -0.2) is 0 Å². The minimum atomic E-state index is -0.576. The van der Waals surface area contributed by atoms with Crippen LogP contribution in [0, 0.1) is 5.95 Å². The van der Waals surface area contributed by atoms with Crippen molar-refractivity contribution in [3.63, 3.8) is 0 Å². The number of carbonyl (C=O) groups excluding carboxylic acids is 1. The van der Waals surface area contributed by atoms with Crippen LogP contribution in [0.1, 0.15) is 22.0 Å². The molecule has 4 aromatic rings. The summed E-state index contributed by atoms with van der Waals surface area (Å²) in [6.45, 7) is -0.255. The number of hydrogen-bond donors (Lipinski definition) is 3. The second kappa shape index (κ2) is 8.34. The van der Waals surface area contributed by atoms with Crippen molar-refractivity contribution >= 4 is 16.8 Å². The van der Waals surface area contributed by atoms with E-state index < -0.39 is 12.0 Å². The van der Waals surface area contributed by atoms with Crippen LogP contribution in [-0.2, 0) is 0 Å². The largest absolute Gasteiger partial charge is 0.497 e. The summed E-state index contributed by atoms with van der Waals surface area (Å²) in [6.07, 6.45) is 0. The highest BCUT2D eigenvalue weighted by Crippen LogP contribution is 2.26. The van der Waals surface area contributed by atoms with Crippen LogP contribution in [0.3, 0.4) is 0 Å². The Morgan fingerprint density at radius 1 is 1.13 bits per heavy atom. The van der Waals surface area contributed by atoms with E-state index >= 15 is 0 Å². The van der Waals surface area contributed by atoms with Crippen LogP contribution in [0.2, 0.25) is 0 Å². The third-order valence-corrected chi connectivity index (χ3v) is 4.95. The standard InChI is InChI=1S/C23H20FN3O3/c1-30-18-7-3-5-16(11-18)21(13-28)25-23(29)17-6-2-4-14(10-17)15-8-9-20-19(12-15)22(24)27-26-20/h2-12,21,28H,13H2,1H3,(H,25,29)(H,26,27)/t21-/m1/s1. The SMILES string of the molecule is COc1cccc([C@@H](CO)NC(=O)c2cccc(-c3ccc4n[nH]c(F)c4c3)c2)c1. The van der Waals surface area contributed by atoms with Gasteiger partial charge in [0.25, 0.3) is 5.91 Å². The molecule has 1 atom stereocenters. The first-order valence-electron chi connectivity index (χ1n) is 9.39. The number of hydrogen-bond acceptors (Lipinski definition) is 4. The fraction of sp³-hybridized carbons (Fsp3) is 0.130. The van der Waals surface area contributed by atoms with Crippen molar-refractivity contribution < 1.29 is 19.0 Å². The molecule has 7 heteroatoms. The monoisotopic (exact) mass is 405 g/mol. The number of aromatic amines is 1. The molecule has 152 valence electrons. The first-order chi connectivity index (χ1) is 14.6. The number of benzene rings is 3. The molecule has 0 saturated carbocycles. The average Bonchev–Trinajstić information content (AvgIpc) is 3.17. The average molecular weight is 405 g/mol. The Hall–Kier alpha value is -3.71. The maximum absolute atomic E-state index is 13.8. The van der Waals surface area contributed by atoms with Crippen molar-refractivity contribution in [3.8, 4) is 16.9 Å². The Balaban J connectivity index is 1.59. The number of aliphatic hydroxyl groups excluding tert-OH is 1. The molecule has 1 amide bonds. The quantitative estimate of drug-likeness (QED) is 0.455. The summed E-state index contributed by atoms with van der Waals surface area (Å²) >= 11 is 0. The van der Waals surface area contributed by atoms with Gasteiger partial charge in [-0.1, -0.05) is 30.3 Å². The third-order valence-electron chi connectivity index (χ3n) is 4.95. The molecule has 0 saturated heterocycles. The Morgan fingerprint density at radius 3 is 2.73 bits per heavy atom. The molecule has 0 spiro atoms. The Labute approximate surface area is 172 Å². The van der Waals surface area contributed by atoms with E-state index in [4.69, 9.17) is 4.74 Å². The summed E-state index contributed by atoms with van der Waals surface area (Å²) in [5.41, 5.74) is 3.24. The van der Waals surface area contributed by atoms with Gasteiger partial charge in [-0.2, -0.15) is 9.49 Å². The number of nitrogens with one attached hydrogen (secondary N) is 2. The van der Waals surface area contributed by atoms with E-state index in [1.165, 1.54) is 0 Å². The molecule has 3 N–H and O–H groups in total. The van der Waals surface area contributed by atoms with E-state index in [2.05, 4.69) is 15.5 Å². The highest BCUT2D eigenvalue weighted by atomic mass is 19.1. The molecule has 0 fully saturated rings. The van der Waals surface area contributed by atoms with Gasteiger partial charge < -0.3 is 15.2 Å². The van der Waals surface area contributed by atoms with Gasteiger partial charge in [-0.15, -0.1) is 0 Å². The molecule has 30 heavy (non-hydrogen) atoms. The van der Waals surface area contributed by atoms with Gasteiger partial charge >= 0.3 is 0 Å². The van der Waals surface area contributed by atoms with Crippen molar-refractivity contribution in [1.82, 2.24) is 15.5 Å². The van der Waals surface area contributed by atoms with Gasteiger partial charge in [-0.3, -0.25) is 9.89 Å². The molecule has 1 aromatic heterocycles. The lowest BCUT2D eigenvalue weighted by atomic mass is 10.0. The molecule has 0 radical (unpaired) electrons. The third kappa shape index (κ3) is 3.88. The molecule has 0 aliphatic heterocycles. The molecule has 1 heterocycles.